The fraction of sp³-hybridized carbons (Fsp3) is 0.500. The predicted molar refractivity (Wildman–Crippen MR) is 79.7 cm³/mol. The van der Waals surface area contributed by atoms with Crippen LogP contribution in [0, 0.1) is 0 Å². The third kappa shape index (κ3) is 4.75. The number of alkyl halides is 2. The van der Waals surface area contributed by atoms with Crippen molar-refractivity contribution in [3.8, 4) is 0 Å². The van der Waals surface area contributed by atoms with Gasteiger partial charge < -0.3 is 5.32 Å². The normalized spacial score (nSPS) is 12.4. The van der Waals surface area contributed by atoms with E-state index in [9.17, 15) is 17.2 Å². The molecule has 0 aliphatic heterocycles. The van der Waals surface area contributed by atoms with E-state index >= 15 is 0 Å². The van der Waals surface area contributed by atoms with Crippen LogP contribution in [0.2, 0.25) is 10.0 Å². The number of halogens is 4. The molecule has 0 aromatic heterocycles. The van der Waals surface area contributed by atoms with Gasteiger partial charge in [0.05, 0.1) is 11.6 Å². The number of nitrogens with zero attached hydrogens (tertiary/aromatic N) is 1. The van der Waals surface area contributed by atoms with Gasteiger partial charge in [0.1, 0.15) is 4.90 Å². The highest BCUT2D eigenvalue weighted by Crippen LogP contribution is 2.30. The Labute approximate surface area is 133 Å². The average Bonchev–Trinajstić information content (AvgIpc) is 2.36. The molecule has 4 nitrogen and oxygen atoms in total. The molecule has 21 heavy (non-hydrogen) atoms. The Hall–Kier alpha value is -0.470. The molecule has 0 amide bonds. The summed E-state index contributed by atoms with van der Waals surface area (Å²) in [6, 6.07) is 2.61. The molecule has 1 N–H and O–H groups in total. The lowest BCUT2D eigenvalue weighted by Gasteiger charge is -2.18. The Kier molecular flexibility index (Phi) is 6.80. The summed E-state index contributed by atoms with van der Waals surface area (Å²) in [5, 5.41) is 3.23. The van der Waals surface area contributed by atoms with Crippen LogP contribution >= 0.6 is 23.2 Å². The van der Waals surface area contributed by atoms with Crippen molar-refractivity contribution in [3.63, 3.8) is 0 Å². The van der Waals surface area contributed by atoms with Crippen molar-refractivity contribution in [2.24, 2.45) is 0 Å². The van der Waals surface area contributed by atoms with Crippen LogP contribution in [0.3, 0.4) is 0 Å². The van der Waals surface area contributed by atoms with Crippen LogP contribution in [0.25, 0.3) is 0 Å². The summed E-state index contributed by atoms with van der Waals surface area (Å²) in [6.45, 7) is 2.02. The summed E-state index contributed by atoms with van der Waals surface area (Å²) in [4.78, 5) is -0.232. The molecule has 0 saturated heterocycles. The first-order chi connectivity index (χ1) is 9.70. The monoisotopic (exact) mass is 360 g/mol. The van der Waals surface area contributed by atoms with E-state index in [1.54, 1.807) is 0 Å². The second-order valence-electron chi connectivity index (χ2n) is 4.33. The van der Waals surface area contributed by atoms with E-state index in [1.807, 2.05) is 6.92 Å². The second-order valence-corrected chi connectivity index (χ2v) is 7.16. The van der Waals surface area contributed by atoms with Crippen molar-refractivity contribution in [2.45, 2.75) is 24.8 Å². The molecule has 9 heteroatoms. The summed E-state index contributed by atoms with van der Waals surface area (Å²) >= 11 is 11.9. The van der Waals surface area contributed by atoms with E-state index in [0.29, 0.717) is 28.0 Å². The van der Waals surface area contributed by atoms with E-state index in [4.69, 9.17) is 23.2 Å². The van der Waals surface area contributed by atoms with E-state index in [2.05, 4.69) is 5.32 Å². The number of sulfonamides is 1. The number of nitrogens with one attached hydrogen (secondary N) is 1. The first kappa shape index (κ1) is 18.6. The zero-order valence-corrected chi connectivity index (χ0v) is 13.9. The minimum absolute atomic E-state index is 0.0960. The molecular formula is C12H16Cl2F2N2O2S. The van der Waals surface area contributed by atoms with Crippen LogP contribution in [-0.4, -0.2) is 39.3 Å². The first-order valence-electron chi connectivity index (χ1n) is 6.13. The van der Waals surface area contributed by atoms with Crippen LogP contribution < -0.4 is 5.32 Å². The number of hydrogen-bond acceptors (Lipinski definition) is 3. The lowest BCUT2D eigenvalue weighted by molar-refractivity contribution is 0.126. The van der Waals surface area contributed by atoms with Crippen LogP contribution in [0.15, 0.2) is 17.0 Å². The highest BCUT2D eigenvalue weighted by Gasteiger charge is 2.27. The van der Waals surface area contributed by atoms with Crippen molar-refractivity contribution in [1.29, 1.82) is 0 Å². The van der Waals surface area contributed by atoms with Crippen LogP contribution in [-0.2, 0) is 16.6 Å². The Morgan fingerprint density at radius 2 is 1.90 bits per heavy atom. The van der Waals surface area contributed by atoms with Crippen LogP contribution in [0.4, 0.5) is 8.78 Å². The maximum Gasteiger partial charge on any atom is 0.252 e. The van der Waals surface area contributed by atoms with Gasteiger partial charge in [-0.05, 0) is 24.2 Å². The second kappa shape index (κ2) is 7.69. The van der Waals surface area contributed by atoms with Gasteiger partial charge in [0.15, 0.2) is 0 Å². The van der Waals surface area contributed by atoms with Crippen molar-refractivity contribution in [3.05, 3.63) is 27.7 Å². The zero-order valence-electron chi connectivity index (χ0n) is 11.5. The number of rotatable bonds is 7. The minimum atomic E-state index is -4.09. The van der Waals surface area contributed by atoms with Crippen molar-refractivity contribution >= 4 is 33.2 Å². The van der Waals surface area contributed by atoms with E-state index in [-0.39, 0.29) is 9.92 Å². The van der Waals surface area contributed by atoms with Gasteiger partial charge >= 0.3 is 0 Å². The van der Waals surface area contributed by atoms with Crippen LogP contribution in [0.5, 0.6) is 0 Å². The fourth-order valence-corrected chi connectivity index (χ4v) is 3.61. The van der Waals surface area contributed by atoms with E-state index < -0.39 is 23.0 Å². The SMILES string of the molecule is CCNCc1cc(S(=O)(=O)N(C)CC(F)F)c(Cl)cc1Cl. The van der Waals surface area contributed by atoms with Crippen molar-refractivity contribution < 1.29 is 17.2 Å². The van der Waals surface area contributed by atoms with Gasteiger partial charge in [0.2, 0.25) is 10.0 Å². The largest absolute Gasteiger partial charge is 0.313 e. The Morgan fingerprint density at radius 1 is 1.29 bits per heavy atom. The molecule has 0 aliphatic carbocycles. The molecule has 0 radical (unpaired) electrons. The first-order valence-corrected chi connectivity index (χ1v) is 8.32. The van der Waals surface area contributed by atoms with Gasteiger partial charge in [0, 0.05) is 18.6 Å². The predicted octanol–water partition coefficient (Wildman–Crippen LogP) is 2.99. The molecule has 0 spiro atoms. The molecule has 1 aromatic rings. The minimum Gasteiger partial charge on any atom is -0.313 e. The quantitative estimate of drug-likeness (QED) is 0.812. The van der Waals surface area contributed by atoms with Crippen LogP contribution in [0.1, 0.15) is 12.5 Å². The summed E-state index contributed by atoms with van der Waals surface area (Å²) in [5.41, 5.74) is 0.534. The van der Waals surface area contributed by atoms with Crippen molar-refractivity contribution in [1.82, 2.24) is 9.62 Å². The van der Waals surface area contributed by atoms with Gasteiger partial charge in [-0.2, -0.15) is 4.31 Å². The Balaban J connectivity index is 3.22. The highest BCUT2D eigenvalue weighted by atomic mass is 35.5. The number of benzene rings is 1. The maximum absolute atomic E-state index is 12.4. The standard InChI is InChI=1S/C12H16Cl2F2N2O2S/c1-3-17-6-8-4-11(10(14)5-9(8)13)21(19,20)18(2)7-12(15)16/h4-5,12,17H,3,6-7H2,1-2H3. The number of hydrogen-bond donors (Lipinski definition) is 1. The lowest BCUT2D eigenvalue weighted by Crippen LogP contribution is -2.31. The van der Waals surface area contributed by atoms with Gasteiger partial charge in [-0.3, -0.25) is 0 Å². The molecule has 0 atom stereocenters. The van der Waals surface area contributed by atoms with Gasteiger partial charge in [-0.1, -0.05) is 30.1 Å². The van der Waals surface area contributed by atoms with Gasteiger partial charge in [0.25, 0.3) is 6.43 Å². The molecule has 0 bridgehead atoms. The molecule has 0 aliphatic rings. The third-order valence-corrected chi connectivity index (χ3v) is 5.39. The molecule has 1 aromatic carbocycles. The lowest BCUT2D eigenvalue weighted by atomic mass is 10.2. The summed E-state index contributed by atoms with van der Waals surface area (Å²) in [5.74, 6) is 0. The third-order valence-electron chi connectivity index (χ3n) is 2.75. The smallest absolute Gasteiger partial charge is 0.252 e. The zero-order chi connectivity index (χ0) is 16.2. The summed E-state index contributed by atoms with van der Waals surface area (Å²) < 4.78 is 49.9. The van der Waals surface area contributed by atoms with Gasteiger partial charge in [-0.15, -0.1) is 0 Å². The van der Waals surface area contributed by atoms with Crippen molar-refractivity contribution in [2.75, 3.05) is 20.1 Å². The molecule has 0 fully saturated rings. The topological polar surface area (TPSA) is 49.4 Å². The molecule has 0 heterocycles. The molecule has 1 rings (SSSR count). The molecule has 0 saturated carbocycles. The fourth-order valence-electron chi connectivity index (χ4n) is 1.62. The highest BCUT2D eigenvalue weighted by molar-refractivity contribution is 7.89. The van der Waals surface area contributed by atoms with E-state index in [0.717, 1.165) is 7.05 Å². The molecule has 0 unspecified atom stereocenters. The Bertz CT molecular complexity index is 597. The molecule has 120 valence electrons. The summed E-state index contributed by atoms with van der Waals surface area (Å²) in [6.07, 6.45) is -2.77. The van der Waals surface area contributed by atoms with E-state index in [1.165, 1.54) is 12.1 Å². The van der Waals surface area contributed by atoms with Gasteiger partial charge in [-0.25, -0.2) is 17.2 Å². The average molecular weight is 361 g/mol. The Morgan fingerprint density at radius 3 is 2.43 bits per heavy atom. The summed E-state index contributed by atoms with van der Waals surface area (Å²) in [7, 11) is -3.01. The maximum atomic E-state index is 12.4. The molecular weight excluding hydrogens is 345 g/mol.